The normalized spacial score (nSPS) is 10.9. The molecule has 5 rings (SSSR count). The molecule has 2 N–H and O–H groups in total. The van der Waals surface area contributed by atoms with Crippen LogP contribution in [0.25, 0.3) is 33.3 Å². The summed E-state index contributed by atoms with van der Waals surface area (Å²) in [6, 6.07) is 23.6. The van der Waals surface area contributed by atoms with E-state index in [0.717, 1.165) is 22.3 Å². The Morgan fingerprint density at radius 2 is 1.62 bits per heavy atom. The number of nitrogens with one attached hydrogen (secondary N) is 1. The smallest absolute Gasteiger partial charge is 0.337 e. The van der Waals surface area contributed by atoms with Gasteiger partial charge in [-0.3, -0.25) is 4.98 Å². The maximum absolute atomic E-state index is 11.1. The van der Waals surface area contributed by atoms with Crippen molar-refractivity contribution >= 4 is 28.6 Å². The van der Waals surface area contributed by atoms with Gasteiger partial charge in [0.1, 0.15) is 5.75 Å². The molecule has 0 amide bonds. The second-order valence-electron chi connectivity index (χ2n) is 7.15. The Balaban J connectivity index is 1.45. The standard InChI is InChI=1S/C25H16ClN3O3/c26-21-12-23-22(28-25(29-23)32-19-10-18(24(30)31)13-27-14-19)11-20(21)17-8-6-16(7-9-17)15-4-2-1-3-5-15/h1-14H,(H,28,29)(H,30,31). The topological polar surface area (TPSA) is 88.1 Å². The van der Waals surface area contributed by atoms with Crippen LogP contribution in [-0.4, -0.2) is 26.0 Å². The molecular weight excluding hydrogens is 426 g/mol. The first kappa shape index (κ1) is 19.8. The zero-order valence-electron chi connectivity index (χ0n) is 16.6. The van der Waals surface area contributed by atoms with E-state index in [0.29, 0.717) is 16.1 Å². The molecular formula is C25H16ClN3O3. The minimum absolute atomic E-state index is 0.0305. The number of imidazole rings is 1. The first-order chi connectivity index (χ1) is 15.6. The molecule has 32 heavy (non-hydrogen) atoms. The third kappa shape index (κ3) is 3.91. The predicted molar refractivity (Wildman–Crippen MR) is 123 cm³/mol. The molecule has 0 fully saturated rings. The van der Waals surface area contributed by atoms with Crippen LogP contribution >= 0.6 is 11.6 Å². The molecule has 2 heterocycles. The molecule has 2 aromatic heterocycles. The summed E-state index contributed by atoms with van der Waals surface area (Å²) in [4.78, 5) is 22.5. The molecule has 0 bridgehead atoms. The van der Waals surface area contributed by atoms with Gasteiger partial charge in [0.2, 0.25) is 0 Å². The van der Waals surface area contributed by atoms with E-state index in [-0.39, 0.29) is 17.3 Å². The highest BCUT2D eigenvalue weighted by atomic mass is 35.5. The zero-order chi connectivity index (χ0) is 22.1. The van der Waals surface area contributed by atoms with Crippen molar-refractivity contribution < 1.29 is 14.6 Å². The van der Waals surface area contributed by atoms with Gasteiger partial charge in [-0.25, -0.2) is 4.79 Å². The van der Waals surface area contributed by atoms with Crippen molar-refractivity contribution in [2.24, 2.45) is 0 Å². The largest absolute Gasteiger partial charge is 0.478 e. The quantitative estimate of drug-likeness (QED) is 0.328. The van der Waals surface area contributed by atoms with Crippen molar-refractivity contribution in [2.45, 2.75) is 0 Å². The lowest BCUT2D eigenvalue weighted by molar-refractivity contribution is 0.0696. The van der Waals surface area contributed by atoms with Crippen LogP contribution < -0.4 is 4.74 Å². The third-order valence-corrected chi connectivity index (χ3v) is 5.34. The summed E-state index contributed by atoms with van der Waals surface area (Å²) in [7, 11) is 0. The number of aromatic carboxylic acids is 1. The number of fused-ring (bicyclic) bond motifs is 1. The number of nitrogens with zero attached hydrogens (tertiary/aromatic N) is 2. The summed E-state index contributed by atoms with van der Waals surface area (Å²) >= 11 is 6.56. The van der Waals surface area contributed by atoms with Crippen LogP contribution in [0.15, 0.2) is 85.2 Å². The third-order valence-electron chi connectivity index (χ3n) is 5.03. The number of aromatic nitrogens is 3. The van der Waals surface area contributed by atoms with E-state index in [4.69, 9.17) is 21.4 Å². The second kappa shape index (κ2) is 8.17. The minimum Gasteiger partial charge on any atom is -0.478 e. The molecule has 0 aliphatic rings. The molecule has 0 saturated carbocycles. The Bertz CT molecular complexity index is 1430. The van der Waals surface area contributed by atoms with Crippen molar-refractivity contribution in [3.8, 4) is 34.0 Å². The molecule has 7 heteroatoms. The molecule has 0 aliphatic carbocycles. The fourth-order valence-corrected chi connectivity index (χ4v) is 3.73. The molecule has 6 nitrogen and oxygen atoms in total. The Morgan fingerprint density at radius 1 is 0.906 bits per heavy atom. The van der Waals surface area contributed by atoms with Gasteiger partial charge in [0.25, 0.3) is 6.01 Å². The SMILES string of the molecule is O=C(O)c1cncc(Oc2nc3cc(-c4ccc(-c5ccccc5)cc4)c(Cl)cc3[nH]2)c1. The van der Waals surface area contributed by atoms with Crippen LogP contribution in [0.4, 0.5) is 0 Å². The maximum Gasteiger partial charge on any atom is 0.337 e. The fourth-order valence-electron chi connectivity index (χ4n) is 3.45. The summed E-state index contributed by atoms with van der Waals surface area (Å²) < 4.78 is 5.67. The molecule has 5 aromatic rings. The van der Waals surface area contributed by atoms with E-state index in [1.807, 2.05) is 36.4 Å². The fraction of sp³-hybridized carbons (Fsp3) is 0. The summed E-state index contributed by atoms with van der Waals surface area (Å²) in [5.74, 6) is -0.811. The Kier molecular flexibility index (Phi) is 5.05. The second-order valence-corrected chi connectivity index (χ2v) is 7.56. The van der Waals surface area contributed by atoms with Crippen LogP contribution in [0, 0.1) is 0 Å². The van der Waals surface area contributed by atoms with Crippen molar-refractivity contribution in [1.82, 2.24) is 15.0 Å². The first-order valence-corrected chi connectivity index (χ1v) is 10.2. The maximum atomic E-state index is 11.1. The molecule has 0 unspecified atom stereocenters. The van der Waals surface area contributed by atoms with Gasteiger partial charge in [0.05, 0.1) is 27.8 Å². The lowest BCUT2D eigenvalue weighted by atomic mass is 10.00. The molecule has 3 aromatic carbocycles. The summed E-state index contributed by atoms with van der Waals surface area (Å²) in [6.45, 7) is 0. The van der Waals surface area contributed by atoms with Gasteiger partial charge < -0.3 is 14.8 Å². The number of H-pyrrole nitrogens is 1. The Labute approximate surface area is 188 Å². The van der Waals surface area contributed by atoms with Gasteiger partial charge in [-0.1, -0.05) is 66.2 Å². The average Bonchev–Trinajstić information content (AvgIpc) is 3.20. The zero-order valence-corrected chi connectivity index (χ0v) is 17.4. The van der Waals surface area contributed by atoms with Crippen LogP contribution in [-0.2, 0) is 0 Å². The van der Waals surface area contributed by atoms with Crippen molar-refractivity contribution in [1.29, 1.82) is 0 Å². The highest BCUT2D eigenvalue weighted by Crippen LogP contribution is 2.34. The van der Waals surface area contributed by atoms with E-state index in [9.17, 15) is 4.79 Å². The number of benzene rings is 3. The molecule has 0 atom stereocenters. The van der Waals surface area contributed by atoms with Crippen molar-refractivity contribution in [3.63, 3.8) is 0 Å². The lowest BCUT2D eigenvalue weighted by Gasteiger charge is -2.07. The Morgan fingerprint density at radius 3 is 2.38 bits per heavy atom. The number of carbonyl (C=O) groups is 1. The summed E-state index contributed by atoms with van der Waals surface area (Å²) in [5.41, 5.74) is 5.51. The van der Waals surface area contributed by atoms with E-state index in [1.54, 1.807) is 6.07 Å². The van der Waals surface area contributed by atoms with Crippen LogP contribution in [0.5, 0.6) is 11.8 Å². The van der Waals surface area contributed by atoms with E-state index in [1.165, 1.54) is 18.5 Å². The van der Waals surface area contributed by atoms with E-state index >= 15 is 0 Å². The molecule has 156 valence electrons. The van der Waals surface area contributed by atoms with Gasteiger partial charge in [0.15, 0.2) is 0 Å². The highest BCUT2D eigenvalue weighted by Gasteiger charge is 2.12. The average molecular weight is 442 g/mol. The summed E-state index contributed by atoms with van der Waals surface area (Å²) in [6.07, 6.45) is 2.68. The number of aromatic amines is 1. The van der Waals surface area contributed by atoms with Gasteiger partial charge in [-0.05, 0) is 34.9 Å². The van der Waals surface area contributed by atoms with Crippen LogP contribution in [0.3, 0.4) is 0 Å². The van der Waals surface area contributed by atoms with Crippen LogP contribution in [0.2, 0.25) is 5.02 Å². The number of rotatable bonds is 5. The van der Waals surface area contributed by atoms with Crippen molar-refractivity contribution in [2.75, 3.05) is 0 Å². The van der Waals surface area contributed by atoms with Gasteiger partial charge >= 0.3 is 5.97 Å². The molecule has 0 aliphatic heterocycles. The number of pyridine rings is 1. The molecule has 0 radical (unpaired) electrons. The van der Waals surface area contributed by atoms with E-state index in [2.05, 4.69) is 39.2 Å². The molecule has 0 saturated heterocycles. The van der Waals surface area contributed by atoms with Crippen molar-refractivity contribution in [3.05, 3.63) is 95.8 Å². The monoisotopic (exact) mass is 441 g/mol. The number of carboxylic acids is 1. The van der Waals surface area contributed by atoms with Crippen LogP contribution in [0.1, 0.15) is 10.4 Å². The minimum atomic E-state index is -1.08. The number of carboxylic acid groups (broad SMARTS) is 1. The van der Waals surface area contributed by atoms with Gasteiger partial charge in [-0.2, -0.15) is 4.98 Å². The highest BCUT2D eigenvalue weighted by molar-refractivity contribution is 6.34. The number of ether oxygens (including phenoxy) is 1. The molecule has 0 spiro atoms. The number of hydrogen-bond acceptors (Lipinski definition) is 4. The van der Waals surface area contributed by atoms with Gasteiger partial charge in [0, 0.05) is 11.8 Å². The lowest BCUT2D eigenvalue weighted by Crippen LogP contribution is -1.97. The summed E-state index contributed by atoms with van der Waals surface area (Å²) in [5, 5.41) is 9.69. The van der Waals surface area contributed by atoms with Gasteiger partial charge in [-0.15, -0.1) is 0 Å². The first-order valence-electron chi connectivity index (χ1n) is 9.78. The predicted octanol–water partition coefficient (Wildman–Crippen LogP) is 6.44. The number of hydrogen-bond donors (Lipinski definition) is 2. The Hall–Kier alpha value is -4.16. The van der Waals surface area contributed by atoms with E-state index < -0.39 is 5.97 Å². The number of halogens is 1.